The fraction of sp³-hybridized carbons (Fsp3) is 0.240. The second-order valence-corrected chi connectivity index (χ2v) is 7.67. The van der Waals surface area contributed by atoms with Gasteiger partial charge in [-0.15, -0.1) is 0 Å². The van der Waals surface area contributed by atoms with Crippen molar-refractivity contribution in [3.8, 4) is 5.75 Å². The summed E-state index contributed by atoms with van der Waals surface area (Å²) in [4.78, 5) is 41.1. The highest BCUT2D eigenvalue weighted by atomic mass is 16.5. The Labute approximate surface area is 180 Å². The lowest BCUT2D eigenvalue weighted by Gasteiger charge is -2.24. The highest BCUT2D eigenvalue weighted by Crippen LogP contribution is 2.32. The first-order valence-corrected chi connectivity index (χ1v) is 10.3. The largest absolute Gasteiger partial charge is 0.497 e. The second kappa shape index (κ2) is 8.60. The van der Waals surface area contributed by atoms with E-state index in [1.54, 1.807) is 13.2 Å². The lowest BCUT2D eigenvalue weighted by atomic mass is 9.81. The number of hydrogen-bond acceptors (Lipinski definition) is 4. The number of para-hydroxylation sites is 1. The van der Waals surface area contributed by atoms with Gasteiger partial charge in [-0.25, -0.2) is 0 Å². The second-order valence-electron chi connectivity index (χ2n) is 7.67. The van der Waals surface area contributed by atoms with Crippen LogP contribution in [0, 0.1) is 0 Å². The van der Waals surface area contributed by atoms with Crippen LogP contribution >= 0.6 is 0 Å². The molecule has 0 fully saturated rings. The molecular weight excluding hydrogens is 392 g/mol. The Bertz CT molecular complexity index is 1190. The van der Waals surface area contributed by atoms with Crippen LogP contribution in [0.2, 0.25) is 0 Å². The SMILES string of the molecule is CCc1ccccc1NC(=O)c1cc2c([nH]c1=O)C[C@@H](c1ccc(OC)cc1)CC2=O. The van der Waals surface area contributed by atoms with E-state index in [0.717, 1.165) is 23.3 Å². The molecule has 1 aliphatic rings. The number of fused-ring (bicyclic) bond motifs is 1. The number of methoxy groups -OCH3 is 1. The van der Waals surface area contributed by atoms with Gasteiger partial charge in [-0.1, -0.05) is 37.3 Å². The third kappa shape index (κ3) is 4.14. The van der Waals surface area contributed by atoms with Gasteiger partial charge in [-0.2, -0.15) is 0 Å². The fourth-order valence-corrected chi connectivity index (χ4v) is 4.05. The molecule has 4 rings (SSSR count). The molecule has 0 radical (unpaired) electrons. The summed E-state index contributed by atoms with van der Waals surface area (Å²) in [5, 5.41) is 2.80. The minimum atomic E-state index is -0.518. The van der Waals surface area contributed by atoms with Gasteiger partial charge in [-0.05, 0) is 54.2 Å². The Kier molecular flexibility index (Phi) is 5.71. The summed E-state index contributed by atoms with van der Waals surface area (Å²) in [7, 11) is 1.61. The van der Waals surface area contributed by atoms with E-state index in [1.165, 1.54) is 6.07 Å². The van der Waals surface area contributed by atoms with Crippen LogP contribution in [0.25, 0.3) is 0 Å². The first-order chi connectivity index (χ1) is 15.0. The number of aromatic amines is 1. The Balaban J connectivity index is 1.60. The standard InChI is InChI=1S/C25H24N2O4/c1-3-15-6-4-5-7-21(15)26-24(29)20-14-19-22(27-25(20)30)12-17(13-23(19)28)16-8-10-18(31-2)11-9-16/h4-11,14,17H,3,12-13H2,1-2H3,(H,26,29)(H,27,30)/t17-/m1/s1. The summed E-state index contributed by atoms with van der Waals surface area (Å²) in [5.74, 6) is 0.119. The number of anilines is 1. The van der Waals surface area contributed by atoms with Crippen LogP contribution in [-0.4, -0.2) is 23.8 Å². The molecule has 1 aliphatic carbocycles. The van der Waals surface area contributed by atoms with E-state index in [0.29, 0.717) is 29.8 Å². The number of ketones is 1. The zero-order valence-electron chi connectivity index (χ0n) is 17.5. The highest BCUT2D eigenvalue weighted by Gasteiger charge is 2.29. The van der Waals surface area contributed by atoms with Crippen molar-refractivity contribution in [2.45, 2.75) is 32.1 Å². The summed E-state index contributed by atoms with van der Waals surface area (Å²) in [6.45, 7) is 1.99. The molecule has 0 spiro atoms. The van der Waals surface area contributed by atoms with Crippen LogP contribution in [-0.2, 0) is 12.8 Å². The van der Waals surface area contributed by atoms with Crippen LogP contribution in [0.5, 0.6) is 5.75 Å². The van der Waals surface area contributed by atoms with Crippen molar-refractivity contribution < 1.29 is 14.3 Å². The maximum absolute atomic E-state index is 12.9. The van der Waals surface area contributed by atoms with Crippen molar-refractivity contribution in [1.29, 1.82) is 0 Å². The third-order valence-corrected chi connectivity index (χ3v) is 5.78. The number of H-pyrrole nitrogens is 1. The van der Waals surface area contributed by atoms with Gasteiger partial charge >= 0.3 is 0 Å². The molecule has 1 aromatic heterocycles. The number of ether oxygens (including phenoxy) is 1. The summed E-state index contributed by atoms with van der Waals surface area (Å²) >= 11 is 0. The Morgan fingerprint density at radius 2 is 1.84 bits per heavy atom. The number of aromatic nitrogens is 1. The van der Waals surface area contributed by atoms with Crippen molar-refractivity contribution in [1.82, 2.24) is 4.98 Å². The smallest absolute Gasteiger partial charge is 0.261 e. The Hall–Kier alpha value is -3.67. The maximum atomic E-state index is 12.9. The minimum absolute atomic E-state index is 0.0299. The molecule has 0 saturated carbocycles. The number of amides is 1. The van der Waals surface area contributed by atoms with E-state index < -0.39 is 11.5 Å². The Morgan fingerprint density at radius 3 is 2.55 bits per heavy atom. The Morgan fingerprint density at radius 1 is 1.10 bits per heavy atom. The lowest BCUT2D eigenvalue weighted by molar-refractivity contribution is 0.0963. The molecule has 1 amide bonds. The minimum Gasteiger partial charge on any atom is -0.497 e. The van der Waals surface area contributed by atoms with Crippen molar-refractivity contribution in [2.24, 2.45) is 0 Å². The summed E-state index contributed by atoms with van der Waals surface area (Å²) < 4.78 is 5.19. The van der Waals surface area contributed by atoms with Crippen molar-refractivity contribution in [2.75, 3.05) is 12.4 Å². The van der Waals surface area contributed by atoms with Gasteiger partial charge in [0, 0.05) is 23.4 Å². The molecular formula is C25H24N2O4. The molecule has 3 aromatic rings. The summed E-state index contributed by atoms with van der Waals surface area (Å²) in [6, 6.07) is 16.5. The van der Waals surface area contributed by atoms with Gasteiger partial charge in [0.2, 0.25) is 0 Å². The van der Waals surface area contributed by atoms with Crippen molar-refractivity contribution in [3.63, 3.8) is 0 Å². The molecule has 31 heavy (non-hydrogen) atoms. The molecule has 2 aromatic carbocycles. The number of rotatable bonds is 5. The molecule has 0 unspecified atom stereocenters. The predicted octanol–water partition coefficient (Wildman–Crippen LogP) is 4.11. The van der Waals surface area contributed by atoms with Crippen LogP contribution in [0.1, 0.15) is 56.8 Å². The molecule has 1 heterocycles. The third-order valence-electron chi connectivity index (χ3n) is 5.78. The van der Waals surface area contributed by atoms with Gasteiger partial charge in [-0.3, -0.25) is 14.4 Å². The predicted molar refractivity (Wildman–Crippen MR) is 119 cm³/mol. The molecule has 1 atom stereocenters. The summed E-state index contributed by atoms with van der Waals surface area (Å²) in [5.41, 5.74) is 3.10. The number of benzene rings is 2. The maximum Gasteiger partial charge on any atom is 0.261 e. The number of carbonyl (C=O) groups excluding carboxylic acids is 2. The zero-order valence-corrected chi connectivity index (χ0v) is 17.5. The topological polar surface area (TPSA) is 88.3 Å². The number of carbonyl (C=O) groups is 2. The van der Waals surface area contributed by atoms with Crippen LogP contribution in [0.15, 0.2) is 59.4 Å². The molecule has 0 bridgehead atoms. The van der Waals surface area contributed by atoms with Gasteiger partial charge in [0.25, 0.3) is 11.5 Å². The van der Waals surface area contributed by atoms with E-state index in [2.05, 4.69) is 10.3 Å². The van der Waals surface area contributed by atoms with Gasteiger partial charge < -0.3 is 15.0 Å². The number of pyridine rings is 1. The monoisotopic (exact) mass is 416 g/mol. The zero-order chi connectivity index (χ0) is 22.0. The molecule has 6 nitrogen and oxygen atoms in total. The van der Waals surface area contributed by atoms with E-state index in [4.69, 9.17) is 4.74 Å². The van der Waals surface area contributed by atoms with E-state index in [-0.39, 0.29) is 17.3 Å². The van der Waals surface area contributed by atoms with Gasteiger partial charge in [0.15, 0.2) is 5.78 Å². The van der Waals surface area contributed by atoms with E-state index >= 15 is 0 Å². The average Bonchev–Trinajstić information content (AvgIpc) is 2.79. The molecule has 0 aliphatic heterocycles. The van der Waals surface area contributed by atoms with E-state index in [1.807, 2.05) is 49.4 Å². The van der Waals surface area contributed by atoms with Crippen molar-refractivity contribution >= 4 is 17.4 Å². The number of hydrogen-bond donors (Lipinski definition) is 2. The average molecular weight is 416 g/mol. The number of aryl methyl sites for hydroxylation is 1. The number of nitrogens with one attached hydrogen (secondary N) is 2. The van der Waals surface area contributed by atoms with Crippen LogP contribution in [0.3, 0.4) is 0 Å². The molecule has 0 saturated heterocycles. The molecule has 2 N–H and O–H groups in total. The van der Waals surface area contributed by atoms with Gasteiger partial charge in [0.05, 0.1) is 7.11 Å². The molecule has 158 valence electrons. The lowest BCUT2D eigenvalue weighted by Crippen LogP contribution is -2.29. The quantitative estimate of drug-likeness (QED) is 0.655. The first-order valence-electron chi connectivity index (χ1n) is 10.3. The van der Waals surface area contributed by atoms with E-state index in [9.17, 15) is 14.4 Å². The van der Waals surface area contributed by atoms with Crippen LogP contribution in [0.4, 0.5) is 5.69 Å². The first kappa shape index (κ1) is 20.6. The summed E-state index contributed by atoms with van der Waals surface area (Å²) in [6.07, 6.45) is 1.61. The van der Waals surface area contributed by atoms with Gasteiger partial charge in [0.1, 0.15) is 11.3 Å². The number of Topliss-reactive ketones (excluding diaryl/α,β-unsaturated/α-hetero) is 1. The molecule has 6 heteroatoms. The van der Waals surface area contributed by atoms with Crippen molar-refractivity contribution in [3.05, 3.63) is 92.9 Å². The van der Waals surface area contributed by atoms with Crippen LogP contribution < -0.4 is 15.6 Å². The normalized spacial score (nSPS) is 15.3. The highest BCUT2D eigenvalue weighted by molar-refractivity contribution is 6.07. The fourth-order valence-electron chi connectivity index (χ4n) is 4.05.